The molecule has 0 saturated heterocycles. The summed E-state index contributed by atoms with van der Waals surface area (Å²) in [5, 5.41) is 6.68. The third-order valence-electron chi connectivity index (χ3n) is 2.77. The highest BCUT2D eigenvalue weighted by molar-refractivity contribution is 7.09. The van der Waals surface area contributed by atoms with Crippen LogP contribution in [0, 0.1) is 5.92 Å². The quantitative estimate of drug-likeness (QED) is 0.864. The van der Waals surface area contributed by atoms with Gasteiger partial charge in [-0.3, -0.25) is 0 Å². The van der Waals surface area contributed by atoms with Crippen LogP contribution in [0.15, 0.2) is 28.4 Å². The summed E-state index contributed by atoms with van der Waals surface area (Å²) < 4.78 is 5.05. The third-order valence-corrected chi connectivity index (χ3v) is 3.62. The maximum absolute atomic E-state index is 5.05. The molecule has 4 heteroatoms. The minimum absolute atomic E-state index is 0.888. The van der Waals surface area contributed by atoms with E-state index in [1.807, 2.05) is 6.07 Å². The van der Waals surface area contributed by atoms with Gasteiger partial charge in [0.1, 0.15) is 5.01 Å². The second-order valence-electron chi connectivity index (χ2n) is 4.21. The van der Waals surface area contributed by atoms with E-state index in [-0.39, 0.29) is 0 Å². The second kappa shape index (κ2) is 4.39. The molecule has 3 nitrogen and oxygen atoms in total. The fraction of sp³-hybridized carbons (Fsp3) is 0.417. The molecule has 16 heavy (non-hydrogen) atoms. The van der Waals surface area contributed by atoms with Crippen molar-refractivity contribution in [3.63, 3.8) is 0 Å². The van der Waals surface area contributed by atoms with Crippen LogP contribution in [-0.4, -0.2) is 11.5 Å². The summed E-state index contributed by atoms with van der Waals surface area (Å²) in [5.41, 5.74) is 2.08. The lowest BCUT2D eigenvalue weighted by Crippen LogP contribution is -2.15. The average Bonchev–Trinajstić information content (AvgIpc) is 2.83. The highest BCUT2D eigenvalue weighted by Gasteiger charge is 2.20. The van der Waals surface area contributed by atoms with Gasteiger partial charge in [-0.05, 0) is 31.4 Å². The number of nitrogens with one attached hydrogen (secondary N) is 1. The monoisotopic (exact) mass is 234 g/mol. The lowest BCUT2D eigenvalue weighted by molar-refractivity contribution is 0.568. The molecule has 2 aromatic heterocycles. The van der Waals surface area contributed by atoms with Gasteiger partial charge in [-0.2, -0.15) is 0 Å². The summed E-state index contributed by atoms with van der Waals surface area (Å²) in [6.07, 6.45) is 6.20. The molecule has 0 spiro atoms. The van der Waals surface area contributed by atoms with Crippen molar-refractivity contribution < 1.29 is 4.42 Å². The van der Waals surface area contributed by atoms with E-state index >= 15 is 0 Å². The maximum atomic E-state index is 5.05. The Morgan fingerprint density at radius 2 is 2.44 bits per heavy atom. The molecule has 0 aromatic carbocycles. The molecule has 1 aliphatic carbocycles. The number of furan rings is 1. The van der Waals surface area contributed by atoms with Crippen LogP contribution in [0.4, 0.5) is 0 Å². The fourth-order valence-corrected chi connectivity index (χ4v) is 2.41. The number of hydrogen-bond donors (Lipinski definition) is 1. The topological polar surface area (TPSA) is 38.1 Å². The predicted molar refractivity (Wildman–Crippen MR) is 64.2 cm³/mol. The molecule has 2 heterocycles. The first kappa shape index (κ1) is 10.1. The lowest BCUT2D eigenvalue weighted by atomic mass is 10.3. The van der Waals surface area contributed by atoms with Crippen LogP contribution in [-0.2, 0) is 6.54 Å². The second-order valence-corrected chi connectivity index (χ2v) is 5.16. The van der Waals surface area contributed by atoms with Crippen molar-refractivity contribution in [2.75, 3.05) is 6.54 Å². The highest BCUT2D eigenvalue weighted by atomic mass is 32.1. The molecule has 1 aliphatic rings. The molecular weight excluding hydrogens is 220 g/mol. The van der Waals surface area contributed by atoms with Gasteiger partial charge in [-0.25, -0.2) is 4.98 Å². The molecule has 0 radical (unpaired) electrons. The first-order valence-corrected chi connectivity index (χ1v) is 6.47. The van der Waals surface area contributed by atoms with Crippen LogP contribution in [0.5, 0.6) is 0 Å². The normalized spacial score (nSPS) is 15.5. The van der Waals surface area contributed by atoms with Gasteiger partial charge < -0.3 is 9.73 Å². The molecule has 0 amide bonds. The van der Waals surface area contributed by atoms with Crippen LogP contribution in [0.2, 0.25) is 0 Å². The van der Waals surface area contributed by atoms with Crippen molar-refractivity contribution in [3.05, 3.63) is 29.0 Å². The van der Waals surface area contributed by atoms with Crippen molar-refractivity contribution in [2.45, 2.75) is 19.4 Å². The van der Waals surface area contributed by atoms with E-state index in [9.17, 15) is 0 Å². The van der Waals surface area contributed by atoms with E-state index in [0.29, 0.717) is 0 Å². The first-order chi connectivity index (χ1) is 7.92. The Balaban J connectivity index is 1.59. The zero-order valence-corrected chi connectivity index (χ0v) is 9.80. The highest BCUT2D eigenvalue weighted by Crippen LogP contribution is 2.28. The van der Waals surface area contributed by atoms with Gasteiger partial charge >= 0.3 is 0 Å². The van der Waals surface area contributed by atoms with E-state index in [1.165, 1.54) is 12.8 Å². The van der Waals surface area contributed by atoms with Crippen LogP contribution >= 0.6 is 11.3 Å². The Labute approximate surface area is 98.5 Å². The summed E-state index contributed by atoms with van der Waals surface area (Å²) in [5.74, 6) is 0.924. The zero-order valence-electron chi connectivity index (χ0n) is 8.98. The van der Waals surface area contributed by atoms with Gasteiger partial charge in [0.2, 0.25) is 0 Å². The van der Waals surface area contributed by atoms with Crippen molar-refractivity contribution in [3.8, 4) is 11.3 Å². The van der Waals surface area contributed by atoms with Gasteiger partial charge in [0.15, 0.2) is 0 Å². The van der Waals surface area contributed by atoms with E-state index in [0.717, 1.165) is 35.3 Å². The molecule has 0 aliphatic heterocycles. The van der Waals surface area contributed by atoms with Gasteiger partial charge in [-0.15, -0.1) is 11.3 Å². The smallest absolute Gasteiger partial charge is 0.107 e. The van der Waals surface area contributed by atoms with Crippen LogP contribution in [0.25, 0.3) is 11.3 Å². The molecule has 3 rings (SSSR count). The van der Waals surface area contributed by atoms with Gasteiger partial charge in [0.05, 0.1) is 18.2 Å². The molecular formula is C12H14N2OS. The number of hydrogen-bond acceptors (Lipinski definition) is 4. The van der Waals surface area contributed by atoms with Gasteiger partial charge in [-0.1, -0.05) is 0 Å². The summed E-state index contributed by atoms with van der Waals surface area (Å²) in [6.45, 7) is 2.03. The van der Waals surface area contributed by atoms with Crippen LogP contribution in [0.3, 0.4) is 0 Å². The molecule has 84 valence electrons. The predicted octanol–water partition coefficient (Wildman–Crippen LogP) is 2.90. The molecule has 0 atom stereocenters. The molecule has 2 aromatic rings. The summed E-state index contributed by atoms with van der Waals surface area (Å²) >= 11 is 1.70. The van der Waals surface area contributed by atoms with E-state index in [1.54, 1.807) is 23.9 Å². The molecule has 0 unspecified atom stereocenters. The molecule has 1 fully saturated rings. The summed E-state index contributed by atoms with van der Waals surface area (Å²) in [7, 11) is 0. The van der Waals surface area contributed by atoms with Crippen molar-refractivity contribution >= 4 is 11.3 Å². The SMILES string of the molecule is c1cc(-c2csc(CNCC3CC3)n2)co1. The van der Waals surface area contributed by atoms with E-state index < -0.39 is 0 Å². The van der Waals surface area contributed by atoms with Crippen LogP contribution in [0.1, 0.15) is 17.8 Å². The summed E-state index contributed by atoms with van der Waals surface area (Å²) in [6, 6.07) is 1.94. The number of rotatable bonds is 5. The Kier molecular flexibility index (Phi) is 2.76. The molecule has 1 saturated carbocycles. The Hall–Kier alpha value is -1.13. The standard InChI is InChI=1S/C12H14N2OS/c1-2-9(1)5-13-6-12-14-11(8-16-12)10-3-4-15-7-10/h3-4,7-9,13H,1-2,5-6H2. The first-order valence-electron chi connectivity index (χ1n) is 5.59. The minimum Gasteiger partial charge on any atom is -0.472 e. The lowest BCUT2D eigenvalue weighted by Gasteiger charge is -1.98. The van der Waals surface area contributed by atoms with Gasteiger partial charge in [0, 0.05) is 17.5 Å². The maximum Gasteiger partial charge on any atom is 0.107 e. The number of nitrogens with zero attached hydrogens (tertiary/aromatic N) is 1. The average molecular weight is 234 g/mol. The largest absolute Gasteiger partial charge is 0.472 e. The molecule has 0 bridgehead atoms. The number of thiazole rings is 1. The van der Waals surface area contributed by atoms with E-state index in [4.69, 9.17) is 4.42 Å². The number of aromatic nitrogens is 1. The van der Waals surface area contributed by atoms with Crippen molar-refractivity contribution in [2.24, 2.45) is 5.92 Å². The Morgan fingerprint density at radius 3 is 3.19 bits per heavy atom. The van der Waals surface area contributed by atoms with Crippen molar-refractivity contribution in [1.82, 2.24) is 10.3 Å². The van der Waals surface area contributed by atoms with Crippen molar-refractivity contribution in [1.29, 1.82) is 0 Å². The van der Waals surface area contributed by atoms with Gasteiger partial charge in [0.25, 0.3) is 0 Å². The Bertz CT molecular complexity index is 445. The summed E-state index contributed by atoms with van der Waals surface area (Å²) in [4.78, 5) is 4.57. The third kappa shape index (κ3) is 2.33. The van der Waals surface area contributed by atoms with Crippen LogP contribution < -0.4 is 5.32 Å². The Morgan fingerprint density at radius 1 is 1.50 bits per heavy atom. The van der Waals surface area contributed by atoms with E-state index in [2.05, 4.69) is 15.7 Å². The zero-order chi connectivity index (χ0) is 10.8. The molecule has 1 N–H and O–H groups in total. The fourth-order valence-electron chi connectivity index (χ4n) is 1.64. The minimum atomic E-state index is 0.888.